The van der Waals surface area contributed by atoms with Crippen LogP contribution in [-0.2, 0) is 9.53 Å². The van der Waals surface area contributed by atoms with E-state index in [0.717, 1.165) is 5.56 Å². The molecule has 1 aliphatic heterocycles. The highest BCUT2D eigenvalue weighted by molar-refractivity contribution is 5.97. The third-order valence-corrected chi connectivity index (χ3v) is 3.65. The molecule has 0 radical (unpaired) electrons. The summed E-state index contributed by atoms with van der Waals surface area (Å²) in [6, 6.07) is 5.18. The van der Waals surface area contributed by atoms with Crippen molar-refractivity contribution in [2.45, 2.75) is 19.4 Å². The Morgan fingerprint density at radius 3 is 2.57 bits per heavy atom. The van der Waals surface area contributed by atoms with Crippen molar-refractivity contribution < 1.29 is 24.2 Å². The molecule has 0 aliphatic carbocycles. The number of likely N-dealkylation sites (tertiary alicyclic amines) is 1. The second-order valence-electron chi connectivity index (χ2n) is 5.08. The van der Waals surface area contributed by atoms with Crippen molar-refractivity contribution >= 4 is 11.9 Å². The molecule has 21 heavy (non-hydrogen) atoms. The summed E-state index contributed by atoms with van der Waals surface area (Å²) in [5, 5.41) is 9.22. The van der Waals surface area contributed by atoms with E-state index in [1.54, 1.807) is 32.2 Å². The third-order valence-electron chi connectivity index (χ3n) is 3.65. The summed E-state index contributed by atoms with van der Waals surface area (Å²) in [6.07, 6.45) is 0. The van der Waals surface area contributed by atoms with E-state index in [2.05, 4.69) is 0 Å². The first-order valence-corrected chi connectivity index (χ1v) is 6.75. The zero-order valence-electron chi connectivity index (χ0n) is 12.4. The van der Waals surface area contributed by atoms with Gasteiger partial charge in [-0.25, -0.2) is 4.79 Å². The fraction of sp³-hybridized carbons (Fsp3) is 0.467. The summed E-state index contributed by atoms with van der Waals surface area (Å²) >= 11 is 0. The van der Waals surface area contributed by atoms with Gasteiger partial charge in [-0.15, -0.1) is 0 Å². The van der Waals surface area contributed by atoms with Crippen molar-refractivity contribution in [2.75, 3.05) is 26.8 Å². The standard InChI is InChI=1S/C15H19NO5/c1-4-21-15(14(18)19)8-16(9-15)13(17)11-6-5-10(2)12(7-11)20-3/h5-7H,4,8-9H2,1-3H3,(H,18,19). The highest BCUT2D eigenvalue weighted by Gasteiger charge is 2.52. The fourth-order valence-corrected chi connectivity index (χ4v) is 2.41. The van der Waals surface area contributed by atoms with Crippen LogP contribution in [0.3, 0.4) is 0 Å². The van der Waals surface area contributed by atoms with Gasteiger partial charge in [-0.1, -0.05) is 6.07 Å². The highest BCUT2D eigenvalue weighted by atomic mass is 16.5. The van der Waals surface area contributed by atoms with E-state index in [1.807, 2.05) is 6.92 Å². The predicted molar refractivity (Wildman–Crippen MR) is 75.6 cm³/mol. The lowest BCUT2D eigenvalue weighted by Gasteiger charge is -2.46. The van der Waals surface area contributed by atoms with Crippen molar-refractivity contribution in [2.24, 2.45) is 0 Å². The number of amides is 1. The summed E-state index contributed by atoms with van der Waals surface area (Å²) in [5.74, 6) is -0.615. The van der Waals surface area contributed by atoms with Crippen molar-refractivity contribution in [3.8, 4) is 5.75 Å². The molecule has 1 aromatic carbocycles. The van der Waals surface area contributed by atoms with Crippen LogP contribution < -0.4 is 4.74 Å². The molecule has 1 saturated heterocycles. The van der Waals surface area contributed by atoms with Gasteiger partial charge in [0.05, 0.1) is 20.2 Å². The van der Waals surface area contributed by atoms with Gasteiger partial charge in [-0.3, -0.25) is 4.79 Å². The SMILES string of the molecule is CCOC1(C(=O)O)CN(C(=O)c2ccc(C)c(OC)c2)C1. The summed E-state index contributed by atoms with van der Waals surface area (Å²) < 4.78 is 10.5. The maximum absolute atomic E-state index is 12.3. The summed E-state index contributed by atoms with van der Waals surface area (Å²) in [7, 11) is 1.55. The normalized spacial score (nSPS) is 16.2. The molecule has 1 N–H and O–H groups in total. The number of carbonyl (C=O) groups is 2. The highest BCUT2D eigenvalue weighted by Crippen LogP contribution is 2.28. The smallest absolute Gasteiger partial charge is 0.339 e. The molecule has 6 nitrogen and oxygen atoms in total. The molecule has 114 valence electrons. The maximum Gasteiger partial charge on any atom is 0.339 e. The summed E-state index contributed by atoms with van der Waals surface area (Å²) in [5.41, 5.74) is 0.152. The Morgan fingerprint density at radius 1 is 1.38 bits per heavy atom. The Kier molecular flexibility index (Phi) is 4.18. The zero-order valence-corrected chi connectivity index (χ0v) is 12.4. The van der Waals surface area contributed by atoms with E-state index in [4.69, 9.17) is 9.47 Å². The number of ether oxygens (including phenoxy) is 2. The predicted octanol–water partition coefficient (Wildman–Crippen LogP) is 1.32. The minimum absolute atomic E-state index is 0.0607. The van der Waals surface area contributed by atoms with Crippen LogP contribution in [0, 0.1) is 6.92 Å². The number of aliphatic carboxylic acids is 1. The molecule has 0 unspecified atom stereocenters. The minimum atomic E-state index is -1.26. The summed E-state index contributed by atoms with van der Waals surface area (Å²) in [6.45, 7) is 4.05. The molecule has 1 fully saturated rings. The van der Waals surface area contributed by atoms with Crippen molar-refractivity contribution in [1.82, 2.24) is 4.90 Å². The van der Waals surface area contributed by atoms with Crippen LogP contribution in [0.2, 0.25) is 0 Å². The molecule has 0 bridgehead atoms. The monoisotopic (exact) mass is 293 g/mol. The van der Waals surface area contributed by atoms with Crippen LogP contribution in [0.1, 0.15) is 22.8 Å². The van der Waals surface area contributed by atoms with Gasteiger partial charge >= 0.3 is 5.97 Å². The van der Waals surface area contributed by atoms with Gasteiger partial charge in [0.15, 0.2) is 5.60 Å². The van der Waals surface area contributed by atoms with Crippen molar-refractivity contribution in [3.05, 3.63) is 29.3 Å². The lowest BCUT2D eigenvalue weighted by molar-refractivity contribution is -0.184. The number of rotatable bonds is 5. The molecule has 1 heterocycles. The number of carboxylic acids is 1. The lowest BCUT2D eigenvalue weighted by Crippen LogP contribution is -2.68. The van der Waals surface area contributed by atoms with Gasteiger partial charge in [0, 0.05) is 12.2 Å². The molecule has 0 atom stereocenters. The molecule has 6 heteroatoms. The van der Waals surface area contributed by atoms with Crippen LogP contribution in [0.5, 0.6) is 5.75 Å². The van der Waals surface area contributed by atoms with Crippen LogP contribution in [0.15, 0.2) is 18.2 Å². The molecule has 0 spiro atoms. The van der Waals surface area contributed by atoms with Crippen molar-refractivity contribution in [3.63, 3.8) is 0 Å². The number of aryl methyl sites for hydroxylation is 1. The van der Waals surface area contributed by atoms with Gasteiger partial charge in [0.25, 0.3) is 5.91 Å². The second-order valence-corrected chi connectivity index (χ2v) is 5.08. The number of benzene rings is 1. The van der Waals surface area contributed by atoms with Crippen LogP contribution in [0.25, 0.3) is 0 Å². The average Bonchev–Trinajstić information content (AvgIpc) is 2.41. The minimum Gasteiger partial charge on any atom is -0.496 e. The molecular formula is C15H19NO5. The number of hydrogen-bond donors (Lipinski definition) is 1. The Balaban J connectivity index is 2.11. The van der Waals surface area contributed by atoms with Gasteiger partial charge in [-0.2, -0.15) is 0 Å². The van der Waals surface area contributed by atoms with E-state index in [9.17, 15) is 14.7 Å². The second kappa shape index (κ2) is 5.73. The lowest BCUT2D eigenvalue weighted by atomic mass is 9.92. The summed E-state index contributed by atoms with van der Waals surface area (Å²) in [4.78, 5) is 25.1. The molecule has 2 rings (SSSR count). The van der Waals surface area contributed by atoms with Gasteiger partial charge in [0.1, 0.15) is 5.75 Å². The first-order chi connectivity index (χ1) is 9.93. The van der Waals surface area contributed by atoms with Gasteiger partial charge in [0.2, 0.25) is 0 Å². The van der Waals surface area contributed by atoms with E-state index in [-0.39, 0.29) is 19.0 Å². The number of hydrogen-bond acceptors (Lipinski definition) is 4. The van der Waals surface area contributed by atoms with E-state index in [0.29, 0.717) is 17.9 Å². The quantitative estimate of drug-likeness (QED) is 0.886. The van der Waals surface area contributed by atoms with E-state index < -0.39 is 11.6 Å². The topological polar surface area (TPSA) is 76.1 Å². The largest absolute Gasteiger partial charge is 0.496 e. The van der Waals surface area contributed by atoms with Crippen molar-refractivity contribution in [1.29, 1.82) is 0 Å². The molecular weight excluding hydrogens is 274 g/mol. The Labute approximate surface area is 123 Å². The molecule has 0 aromatic heterocycles. The molecule has 1 amide bonds. The Morgan fingerprint density at radius 2 is 2.05 bits per heavy atom. The maximum atomic E-state index is 12.3. The van der Waals surface area contributed by atoms with E-state index >= 15 is 0 Å². The molecule has 1 aliphatic rings. The number of nitrogens with zero attached hydrogens (tertiary/aromatic N) is 1. The molecule has 0 saturated carbocycles. The first-order valence-electron chi connectivity index (χ1n) is 6.75. The zero-order chi connectivity index (χ0) is 15.6. The van der Waals surface area contributed by atoms with Crippen LogP contribution >= 0.6 is 0 Å². The number of methoxy groups -OCH3 is 1. The number of carboxylic acid groups (broad SMARTS) is 1. The Hall–Kier alpha value is -2.08. The fourth-order valence-electron chi connectivity index (χ4n) is 2.41. The van der Waals surface area contributed by atoms with E-state index in [1.165, 1.54) is 4.90 Å². The van der Waals surface area contributed by atoms with Gasteiger partial charge in [-0.05, 0) is 31.5 Å². The van der Waals surface area contributed by atoms with Crippen LogP contribution in [0.4, 0.5) is 0 Å². The number of carbonyl (C=O) groups excluding carboxylic acids is 1. The first kappa shape index (κ1) is 15.3. The average molecular weight is 293 g/mol. The molecule has 1 aromatic rings. The third kappa shape index (κ3) is 2.71. The van der Waals surface area contributed by atoms with Gasteiger partial charge < -0.3 is 19.5 Å². The Bertz CT molecular complexity index is 563. The van der Waals surface area contributed by atoms with Crippen LogP contribution in [-0.4, -0.2) is 54.3 Å².